The Kier molecular flexibility index (Phi) is 2.99. The number of rotatable bonds is 1. The summed E-state index contributed by atoms with van der Waals surface area (Å²) in [5.41, 5.74) is 1.41. The van der Waals surface area contributed by atoms with Gasteiger partial charge in [0, 0.05) is 12.5 Å². The van der Waals surface area contributed by atoms with Crippen LogP contribution in [0.15, 0.2) is 12.3 Å². The van der Waals surface area contributed by atoms with Crippen molar-refractivity contribution in [1.29, 1.82) is 0 Å². The van der Waals surface area contributed by atoms with Crippen molar-refractivity contribution < 1.29 is 9.53 Å². The van der Waals surface area contributed by atoms with Gasteiger partial charge in [-0.3, -0.25) is 4.79 Å². The predicted molar refractivity (Wildman–Crippen MR) is 65.1 cm³/mol. The van der Waals surface area contributed by atoms with E-state index in [1.807, 2.05) is 11.8 Å². The second-order valence-corrected chi connectivity index (χ2v) is 5.09. The van der Waals surface area contributed by atoms with Crippen LogP contribution < -0.4 is 0 Å². The van der Waals surface area contributed by atoms with Gasteiger partial charge >= 0.3 is 0 Å². The summed E-state index contributed by atoms with van der Waals surface area (Å²) in [5.74, 6) is 0.576. The van der Waals surface area contributed by atoms with Gasteiger partial charge in [0.15, 0.2) is 0 Å². The van der Waals surface area contributed by atoms with Gasteiger partial charge in [0.25, 0.3) is 5.91 Å². The standard InChI is InChI=1S/C13H17N3O2/c1-9-5-11(6-14-15-9)13(17)16-4-2-3-10-7-18-8-12(10)16/h5-6,10,12H,2-4,7-8H2,1H3/t10-,12+/m1/s1. The lowest BCUT2D eigenvalue weighted by Crippen LogP contribution is -2.48. The summed E-state index contributed by atoms with van der Waals surface area (Å²) >= 11 is 0. The molecule has 1 aromatic rings. The van der Waals surface area contributed by atoms with E-state index in [2.05, 4.69) is 10.2 Å². The van der Waals surface area contributed by atoms with Crippen LogP contribution in [0.25, 0.3) is 0 Å². The summed E-state index contributed by atoms with van der Waals surface area (Å²) in [6, 6.07) is 2.05. The minimum atomic E-state index is 0.0631. The number of hydrogen-bond acceptors (Lipinski definition) is 4. The summed E-state index contributed by atoms with van der Waals surface area (Å²) in [5, 5.41) is 7.75. The fourth-order valence-corrected chi connectivity index (χ4v) is 2.91. The molecule has 0 aromatic carbocycles. The quantitative estimate of drug-likeness (QED) is 0.744. The van der Waals surface area contributed by atoms with E-state index in [9.17, 15) is 4.79 Å². The maximum atomic E-state index is 12.5. The van der Waals surface area contributed by atoms with Crippen molar-refractivity contribution in [1.82, 2.24) is 15.1 Å². The molecule has 3 rings (SSSR count). The summed E-state index contributed by atoms with van der Waals surface area (Å²) in [6.45, 7) is 4.14. The predicted octanol–water partition coefficient (Wildman–Crippen LogP) is 1.04. The number of nitrogens with zero attached hydrogens (tertiary/aromatic N) is 3. The number of amides is 1. The molecule has 0 radical (unpaired) electrons. The Morgan fingerprint density at radius 2 is 2.39 bits per heavy atom. The molecule has 2 aliphatic heterocycles. The molecule has 1 amide bonds. The van der Waals surface area contributed by atoms with Crippen LogP contribution in [0.5, 0.6) is 0 Å². The van der Waals surface area contributed by atoms with Gasteiger partial charge in [0.05, 0.1) is 36.7 Å². The lowest BCUT2D eigenvalue weighted by molar-refractivity contribution is 0.0558. The Morgan fingerprint density at radius 1 is 1.50 bits per heavy atom. The second-order valence-electron chi connectivity index (χ2n) is 5.09. The van der Waals surface area contributed by atoms with E-state index < -0.39 is 0 Å². The third kappa shape index (κ3) is 1.99. The lowest BCUT2D eigenvalue weighted by atomic mass is 9.91. The van der Waals surface area contributed by atoms with Gasteiger partial charge in [0.2, 0.25) is 0 Å². The second kappa shape index (κ2) is 4.65. The van der Waals surface area contributed by atoms with Crippen molar-refractivity contribution in [3.8, 4) is 0 Å². The number of aryl methyl sites for hydroxylation is 1. The number of carbonyl (C=O) groups is 1. The molecule has 0 spiro atoms. The Labute approximate surface area is 106 Å². The topological polar surface area (TPSA) is 55.3 Å². The molecule has 1 aromatic heterocycles. The maximum absolute atomic E-state index is 12.5. The largest absolute Gasteiger partial charge is 0.379 e. The highest BCUT2D eigenvalue weighted by atomic mass is 16.5. The highest BCUT2D eigenvalue weighted by Gasteiger charge is 2.38. The average molecular weight is 247 g/mol. The zero-order chi connectivity index (χ0) is 12.5. The SMILES string of the molecule is Cc1cc(C(=O)N2CCC[C@@H]3COC[C@@H]32)cnn1. The third-order valence-corrected chi connectivity index (χ3v) is 3.82. The minimum Gasteiger partial charge on any atom is -0.379 e. The fraction of sp³-hybridized carbons (Fsp3) is 0.615. The van der Waals surface area contributed by atoms with E-state index in [1.54, 1.807) is 12.3 Å². The van der Waals surface area contributed by atoms with Gasteiger partial charge < -0.3 is 9.64 Å². The number of likely N-dealkylation sites (tertiary alicyclic amines) is 1. The monoisotopic (exact) mass is 247 g/mol. The van der Waals surface area contributed by atoms with E-state index >= 15 is 0 Å². The van der Waals surface area contributed by atoms with Gasteiger partial charge in [-0.2, -0.15) is 10.2 Å². The molecule has 18 heavy (non-hydrogen) atoms. The first-order valence-corrected chi connectivity index (χ1v) is 6.44. The van der Waals surface area contributed by atoms with E-state index in [-0.39, 0.29) is 11.9 Å². The smallest absolute Gasteiger partial charge is 0.255 e. The summed E-state index contributed by atoms with van der Waals surface area (Å²) in [4.78, 5) is 14.5. The van der Waals surface area contributed by atoms with Crippen molar-refractivity contribution in [2.45, 2.75) is 25.8 Å². The van der Waals surface area contributed by atoms with Crippen LogP contribution in [0.3, 0.4) is 0 Å². The molecule has 0 saturated carbocycles. The van der Waals surface area contributed by atoms with Crippen molar-refractivity contribution in [2.24, 2.45) is 5.92 Å². The average Bonchev–Trinajstić information content (AvgIpc) is 2.86. The lowest BCUT2D eigenvalue weighted by Gasteiger charge is -2.36. The van der Waals surface area contributed by atoms with Crippen molar-refractivity contribution in [3.05, 3.63) is 23.5 Å². The third-order valence-electron chi connectivity index (χ3n) is 3.82. The molecule has 0 N–H and O–H groups in total. The van der Waals surface area contributed by atoms with Gasteiger partial charge in [0.1, 0.15) is 0 Å². The highest BCUT2D eigenvalue weighted by molar-refractivity contribution is 5.94. The summed E-state index contributed by atoms with van der Waals surface area (Å²) in [7, 11) is 0. The van der Waals surface area contributed by atoms with Gasteiger partial charge in [-0.05, 0) is 25.8 Å². The van der Waals surface area contributed by atoms with Crippen LogP contribution in [0, 0.1) is 12.8 Å². The molecule has 5 heteroatoms. The molecule has 2 aliphatic rings. The van der Waals surface area contributed by atoms with Crippen LogP contribution in [-0.4, -0.2) is 46.8 Å². The first-order chi connectivity index (χ1) is 8.75. The fourth-order valence-electron chi connectivity index (χ4n) is 2.91. The highest BCUT2D eigenvalue weighted by Crippen LogP contribution is 2.29. The molecule has 2 atom stereocenters. The number of ether oxygens (including phenoxy) is 1. The summed E-state index contributed by atoms with van der Waals surface area (Å²) in [6.07, 6.45) is 3.78. The molecular weight excluding hydrogens is 230 g/mol. The van der Waals surface area contributed by atoms with Crippen molar-refractivity contribution in [2.75, 3.05) is 19.8 Å². The van der Waals surface area contributed by atoms with Gasteiger partial charge in [-0.25, -0.2) is 0 Å². The first-order valence-electron chi connectivity index (χ1n) is 6.44. The van der Waals surface area contributed by atoms with E-state index in [0.29, 0.717) is 18.1 Å². The number of carbonyl (C=O) groups excluding carboxylic acids is 1. The normalized spacial score (nSPS) is 27.1. The molecule has 0 aliphatic carbocycles. The van der Waals surface area contributed by atoms with Crippen LogP contribution in [0.2, 0.25) is 0 Å². The van der Waals surface area contributed by atoms with Crippen molar-refractivity contribution >= 4 is 5.91 Å². The van der Waals surface area contributed by atoms with E-state index in [1.165, 1.54) is 6.42 Å². The van der Waals surface area contributed by atoms with Crippen molar-refractivity contribution in [3.63, 3.8) is 0 Å². The van der Waals surface area contributed by atoms with E-state index in [4.69, 9.17) is 4.74 Å². The van der Waals surface area contributed by atoms with E-state index in [0.717, 1.165) is 25.3 Å². The number of aromatic nitrogens is 2. The van der Waals surface area contributed by atoms with Crippen LogP contribution in [-0.2, 0) is 4.74 Å². The molecule has 96 valence electrons. The Hall–Kier alpha value is -1.49. The molecule has 0 bridgehead atoms. The minimum absolute atomic E-state index is 0.0631. The van der Waals surface area contributed by atoms with Gasteiger partial charge in [-0.15, -0.1) is 0 Å². The summed E-state index contributed by atoms with van der Waals surface area (Å²) < 4.78 is 5.51. The Morgan fingerprint density at radius 3 is 3.22 bits per heavy atom. The Bertz CT molecular complexity index is 463. The molecule has 5 nitrogen and oxygen atoms in total. The molecule has 2 saturated heterocycles. The number of hydrogen-bond donors (Lipinski definition) is 0. The zero-order valence-corrected chi connectivity index (χ0v) is 10.5. The maximum Gasteiger partial charge on any atom is 0.255 e. The van der Waals surface area contributed by atoms with Crippen LogP contribution in [0.4, 0.5) is 0 Å². The number of piperidine rings is 1. The molecule has 0 unspecified atom stereocenters. The molecular formula is C13H17N3O2. The zero-order valence-electron chi connectivity index (χ0n) is 10.5. The van der Waals surface area contributed by atoms with Crippen LogP contribution in [0.1, 0.15) is 28.9 Å². The first kappa shape index (κ1) is 11.6. The van der Waals surface area contributed by atoms with Gasteiger partial charge in [-0.1, -0.05) is 0 Å². The van der Waals surface area contributed by atoms with Crippen LogP contribution >= 0.6 is 0 Å². The molecule has 3 heterocycles. The Balaban J connectivity index is 1.83. The molecule has 2 fully saturated rings. The number of fused-ring (bicyclic) bond motifs is 1.